The van der Waals surface area contributed by atoms with Gasteiger partial charge < -0.3 is 0 Å². The van der Waals surface area contributed by atoms with Gasteiger partial charge >= 0.3 is 0 Å². The van der Waals surface area contributed by atoms with Crippen molar-refractivity contribution in [2.75, 3.05) is 0 Å². The second-order valence-electron chi connectivity index (χ2n) is 2.32. The first kappa shape index (κ1) is 7.33. The van der Waals surface area contributed by atoms with E-state index >= 15 is 0 Å². The summed E-state index contributed by atoms with van der Waals surface area (Å²) in [6, 6.07) is 0. The minimum atomic E-state index is 1.07. The van der Waals surface area contributed by atoms with Crippen LogP contribution in [0.4, 0.5) is 0 Å². The van der Waals surface area contributed by atoms with Gasteiger partial charge in [-0.25, -0.2) is 0 Å². The third-order valence-electron chi connectivity index (χ3n) is 1.43. The highest BCUT2D eigenvalue weighted by atomic mass is 13.9. The van der Waals surface area contributed by atoms with Gasteiger partial charge in [0.2, 0.25) is 0 Å². The van der Waals surface area contributed by atoms with Gasteiger partial charge in [-0.15, -0.1) is 0 Å². The zero-order chi connectivity index (χ0) is 7.07. The summed E-state index contributed by atoms with van der Waals surface area (Å²) in [5.41, 5.74) is 0. The molecule has 0 N–H and O–H groups in total. The number of hydrogen-bond donors (Lipinski definition) is 0. The highest BCUT2D eigenvalue weighted by Gasteiger charge is 1.81. The van der Waals surface area contributed by atoms with Crippen LogP contribution in [-0.2, 0) is 0 Å². The van der Waals surface area contributed by atoms with Gasteiger partial charge in [-0.3, -0.25) is 0 Å². The fourth-order valence-corrected chi connectivity index (χ4v) is 0.874. The lowest BCUT2D eigenvalue weighted by Gasteiger charge is -1.90. The molecule has 0 heterocycles. The fraction of sp³-hybridized carbons (Fsp3) is 0.300. The molecule has 0 heteroatoms. The van der Waals surface area contributed by atoms with Crippen LogP contribution in [0, 0.1) is 6.42 Å². The normalized spacial score (nSPS) is 28.8. The smallest absolute Gasteiger partial charge is 0.0166 e. The molecule has 0 aliphatic heterocycles. The molecule has 0 saturated heterocycles. The monoisotopic (exact) mass is 133 g/mol. The highest BCUT2D eigenvalue weighted by molar-refractivity contribution is 5.07. The third kappa shape index (κ3) is 3.29. The Hall–Kier alpha value is -0.780. The zero-order valence-electron chi connectivity index (χ0n) is 6.16. The van der Waals surface area contributed by atoms with Gasteiger partial charge in [-0.05, 0) is 25.7 Å². The lowest BCUT2D eigenvalue weighted by atomic mass is 10.2. The molecule has 0 aromatic rings. The third-order valence-corrected chi connectivity index (χ3v) is 1.43. The van der Waals surface area contributed by atoms with Crippen LogP contribution in [0.5, 0.6) is 0 Å². The summed E-state index contributed by atoms with van der Waals surface area (Å²) >= 11 is 0. The van der Waals surface area contributed by atoms with Crippen LogP contribution in [0.15, 0.2) is 36.5 Å². The van der Waals surface area contributed by atoms with Gasteiger partial charge in [0.25, 0.3) is 0 Å². The van der Waals surface area contributed by atoms with E-state index in [0.29, 0.717) is 0 Å². The van der Waals surface area contributed by atoms with Crippen LogP contribution < -0.4 is 0 Å². The van der Waals surface area contributed by atoms with Crippen molar-refractivity contribution in [3.63, 3.8) is 0 Å². The lowest BCUT2D eigenvalue weighted by molar-refractivity contribution is 1.09. The first-order valence-electron chi connectivity index (χ1n) is 3.78. The van der Waals surface area contributed by atoms with Crippen LogP contribution in [0.3, 0.4) is 0 Å². The quantitative estimate of drug-likeness (QED) is 0.445. The predicted octanol–water partition coefficient (Wildman–Crippen LogP) is 3.04. The molecular weight excluding hydrogens is 120 g/mol. The highest BCUT2D eigenvalue weighted by Crippen LogP contribution is 2.00. The topological polar surface area (TPSA) is 0 Å². The van der Waals surface area contributed by atoms with E-state index in [9.17, 15) is 0 Å². The molecule has 0 unspecified atom stereocenters. The average Bonchev–Trinajstić information content (AvgIpc) is 2.01. The Kier molecular flexibility index (Phi) is 3.69. The van der Waals surface area contributed by atoms with Gasteiger partial charge in [0, 0.05) is 0 Å². The summed E-state index contributed by atoms with van der Waals surface area (Å²) in [4.78, 5) is 0. The average molecular weight is 133 g/mol. The van der Waals surface area contributed by atoms with Crippen molar-refractivity contribution in [3.8, 4) is 0 Å². The minimum absolute atomic E-state index is 1.07. The number of allylic oxidation sites excluding steroid dienone is 6. The molecule has 0 atom stereocenters. The Morgan fingerprint density at radius 2 is 1.20 bits per heavy atom. The maximum atomic E-state index is 2.27. The predicted molar refractivity (Wildman–Crippen MR) is 45.6 cm³/mol. The summed E-state index contributed by atoms with van der Waals surface area (Å²) in [6.45, 7) is 0. The Balaban J connectivity index is 2.38. The molecule has 0 amide bonds. The molecule has 53 valence electrons. The molecule has 10 heavy (non-hydrogen) atoms. The van der Waals surface area contributed by atoms with Crippen LogP contribution >= 0.6 is 0 Å². The molecule has 1 radical (unpaired) electrons. The maximum absolute atomic E-state index is 2.27. The van der Waals surface area contributed by atoms with Crippen LogP contribution in [-0.4, -0.2) is 0 Å². The first-order valence-corrected chi connectivity index (χ1v) is 3.78. The van der Waals surface area contributed by atoms with Crippen molar-refractivity contribution in [2.24, 2.45) is 0 Å². The number of rotatable bonds is 0. The molecule has 0 nitrogen and oxygen atoms in total. The van der Waals surface area contributed by atoms with Gasteiger partial charge in [-0.1, -0.05) is 36.5 Å². The maximum Gasteiger partial charge on any atom is -0.0166 e. The zero-order valence-corrected chi connectivity index (χ0v) is 6.16. The largest absolute Gasteiger partial charge is 0.0879 e. The summed E-state index contributed by atoms with van der Waals surface area (Å²) < 4.78 is 0. The van der Waals surface area contributed by atoms with Gasteiger partial charge in [0.1, 0.15) is 0 Å². The van der Waals surface area contributed by atoms with Gasteiger partial charge in [-0.2, -0.15) is 0 Å². The lowest BCUT2D eigenvalue weighted by Crippen LogP contribution is -1.72. The standard InChI is InChI=1S/C10H13/c1-2-4-6-8-10-9-7-5-3-1/h1-4,7-9H,5-6,10H2/b3-1-,4-2-,9-7-. The number of hydrogen-bond acceptors (Lipinski definition) is 0. The SMILES string of the molecule is [CH]1C/C=C\C=C/C/C=C\C1. The molecule has 1 aliphatic rings. The van der Waals surface area contributed by atoms with E-state index < -0.39 is 0 Å². The van der Waals surface area contributed by atoms with Crippen molar-refractivity contribution >= 4 is 0 Å². The van der Waals surface area contributed by atoms with Crippen molar-refractivity contribution in [1.29, 1.82) is 0 Å². The van der Waals surface area contributed by atoms with Gasteiger partial charge in [0.15, 0.2) is 0 Å². The minimum Gasteiger partial charge on any atom is -0.0879 e. The molecule has 0 saturated carbocycles. The molecule has 0 fully saturated rings. The molecule has 0 aromatic heterocycles. The van der Waals surface area contributed by atoms with E-state index in [4.69, 9.17) is 0 Å². The van der Waals surface area contributed by atoms with Gasteiger partial charge in [0.05, 0.1) is 0 Å². The summed E-state index contributed by atoms with van der Waals surface area (Å²) in [6.07, 6.45) is 18.5. The Morgan fingerprint density at radius 3 is 2.10 bits per heavy atom. The molecule has 0 bridgehead atoms. The van der Waals surface area contributed by atoms with E-state index in [0.717, 1.165) is 19.3 Å². The molecule has 1 rings (SSSR count). The fourth-order valence-electron chi connectivity index (χ4n) is 0.874. The summed E-state index contributed by atoms with van der Waals surface area (Å²) in [5, 5.41) is 0. The Morgan fingerprint density at radius 1 is 0.600 bits per heavy atom. The van der Waals surface area contributed by atoms with Crippen molar-refractivity contribution in [2.45, 2.75) is 19.3 Å². The van der Waals surface area contributed by atoms with E-state index in [1.165, 1.54) is 0 Å². The summed E-state index contributed by atoms with van der Waals surface area (Å²) in [7, 11) is 0. The second-order valence-corrected chi connectivity index (χ2v) is 2.32. The van der Waals surface area contributed by atoms with Crippen molar-refractivity contribution in [3.05, 3.63) is 42.9 Å². The van der Waals surface area contributed by atoms with E-state index in [-0.39, 0.29) is 0 Å². The molecule has 1 aliphatic carbocycles. The molecule has 0 aromatic carbocycles. The Labute approximate surface area is 62.9 Å². The first-order chi connectivity index (χ1) is 5.00. The van der Waals surface area contributed by atoms with E-state index in [2.05, 4.69) is 42.9 Å². The van der Waals surface area contributed by atoms with Crippen LogP contribution in [0.2, 0.25) is 0 Å². The molecular formula is C10H13. The van der Waals surface area contributed by atoms with Crippen LogP contribution in [0.1, 0.15) is 19.3 Å². The second kappa shape index (κ2) is 5.04. The van der Waals surface area contributed by atoms with Crippen LogP contribution in [0.25, 0.3) is 0 Å². The van der Waals surface area contributed by atoms with E-state index in [1.54, 1.807) is 0 Å². The van der Waals surface area contributed by atoms with E-state index in [1.807, 2.05) is 0 Å². The molecule has 0 spiro atoms. The van der Waals surface area contributed by atoms with Crippen molar-refractivity contribution < 1.29 is 0 Å². The van der Waals surface area contributed by atoms with Crippen molar-refractivity contribution in [1.82, 2.24) is 0 Å². The summed E-state index contributed by atoms with van der Waals surface area (Å²) in [5.74, 6) is 0. The Bertz CT molecular complexity index is 149.